The Morgan fingerprint density at radius 3 is 2.42 bits per heavy atom. The van der Waals surface area contributed by atoms with E-state index < -0.39 is 0 Å². The molecule has 1 aliphatic rings. The average molecular weight is 263 g/mol. The van der Waals surface area contributed by atoms with E-state index in [1.54, 1.807) is 7.11 Å². The topological polar surface area (TPSA) is 30.5 Å². The van der Waals surface area contributed by atoms with Gasteiger partial charge in [-0.05, 0) is 70.0 Å². The van der Waals surface area contributed by atoms with Crippen LogP contribution in [0.1, 0.15) is 42.6 Å². The summed E-state index contributed by atoms with van der Waals surface area (Å²) < 4.78 is 11.7. The maximum atomic E-state index is 6.19. The molecule has 19 heavy (non-hydrogen) atoms. The Morgan fingerprint density at radius 1 is 1.16 bits per heavy atom. The molecule has 1 N–H and O–H groups in total. The summed E-state index contributed by atoms with van der Waals surface area (Å²) in [4.78, 5) is 0. The third kappa shape index (κ3) is 3.48. The monoisotopic (exact) mass is 263 g/mol. The molecule has 1 saturated heterocycles. The molecule has 0 saturated carbocycles. The highest BCUT2D eigenvalue weighted by Crippen LogP contribution is 2.31. The van der Waals surface area contributed by atoms with Crippen LogP contribution in [-0.4, -0.2) is 26.3 Å². The minimum atomic E-state index is 0.0809. The van der Waals surface area contributed by atoms with Crippen LogP contribution in [0.15, 0.2) is 12.1 Å². The largest absolute Gasteiger partial charge is 0.496 e. The zero-order chi connectivity index (χ0) is 13.8. The van der Waals surface area contributed by atoms with E-state index in [1.165, 1.54) is 11.1 Å². The molecule has 0 radical (unpaired) electrons. The van der Waals surface area contributed by atoms with Crippen LogP contribution in [0.4, 0.5) is 0 Å². The predicted molar refractivity (Wildman–Crippen MR) is 77.9 cm³/mol. The third-order valence-electron chi connectivity index (χ3n) is 3.97. The molecule has 106 valence electrons. The van der Waals surface area contributed by atoms with Crippen molar-refractivity contribution in [3.8, 4) is 5.75 Å². The van der Waals surface area contributed by atoms with Gasteiger partial charge in [-0.2, -0.15) is 0 Å². The number of hydrogen-bond donors (Lipinski definition) is 1. The Hall–Kier alpha value is -1.06. The molecule has 1 aromatic carbocycles. The number of ether oxygens (including phenoxy) is 2. The highest BCUT2D eigenvalue weighted by Gasteiger charge is 2.20. The number of hydrogen-bond acceptors (Lipinski definition) is 3. The van der Waals surface area contributed by atoms with Gasteiger partial charge < -0.3 is 14.8 Å². The molecular weight excluding hydrogens is 238 g/mol. The van der Waals surface area contributed by atoms with Gasteiger partial charge in [-0.15, -0.1) is 0 Å². The third-order valence-corrected chi connectivity index (χ3v) is 3.97. The Labute approximate surface area is 116 Å². The van der Waals surface area contributed by atoms with Crippen LogP contribution < -0.4 is 10.1 Å². The average Bonchev–Trinajstić information content (AvgIpc) is 2.42. The normalized spacial score (nSPS) is 18.3. The summed E-state index contributed by atoms with van der Waals surface area (Å²) in [6, 6.07) is 4.30. The summed E-state index contributed by atoms with van der Waals surface area (Å²) in [5, 5.41) is 3.36. The molecule has 1 aliphatic heterocycles. The van der Waals surface area contributed by atoms with Crippen LogP contribution in [0.5, 0.6) is 5.75 Å². The lowest BCUT2D eigenvalue weighted by atomic mass is 10.0. The van der Waals surface area contributed by atoms with Crippen LogP contribution in [-0.2, 0) is 4.74 Å². The second kappa shape index (κ2) is 6.40. The standard InChI is InChI=1S/C16H25NO2/c1-11-9-15(16(18-4)10-12(11)2)13(3)19-14-5-7-17-8-6-14/h9-10,13-14,17H,5-8H2,1-4H3. The van der Waals surface area contributed by atoms with Crippen LogP contribution in [0, 0.1) is 13.8 Å². The summed E-state index contributed by atoms with van der Waals surface area (Å²) in [6.07, 6.45) is 2.63. The van der Waals surface area contributed by atoms with E-state index in [4.69, 9.17) is 9.47 Å². The zero-order valence-corrected chi connectivity index (χ0v) is 12.5. The predicted octanol–water partition coefficient (Wildman–Crippen LogP) is 3.14. The van der Waals surface area contributed by atoms with Crippen molar-refractivity contribution in [1.82, 2.24) is 5.32 Å². The number of methoxy groups -OCH3 is 1. The fraction of sp³-hybridized carbons (Fsp3) is 0.625. The van der Waals surface area contributed by atoms with Crippen molar-refractivity contribution in [3.05, 3.63) is 28.8 Å². The first-order chi connectivity index (χ1) is 9.11. The molecule has 1 fully saturated rings. The Kier molecular flexibility index (Phi) is 4.83. The fourth-order valence-corrected chi connectivity index (χ4v) is 2.60. The van der Waals surface area contributed by atoms with Crippen LogP contribution >= 0.6 is 0 Å². The number of aryl methyl sites for hydroxylation is 2. The molecule has 0 aliphatic carbocycles. The molecule has 3 heteroatoms. The van der Waals surface area contributed by atoms with Crippen molar-refractivity contribution < 1.29 is 9.47 Å². The Balaban J connectivity index is 2.13. The molecule has 1 unspecified atom stereocenters. The molecule has 0 amide bonds. The fourth-order valence-electron chi connectivity index (χ4n) is 2.60. The maximum Gasteiger partial charge on any atom is 0.124 e. The van der Waals surface area contributed by atoms with E-state index >= 15 is 0 Å². The lowest BCUT2D eigenvalue weighted by molar-refractivity contribution is -0.0195. The number of benzene rings is 1. The van der Waals surface area contributed by atoms with Gasteiger partial charge in [-0.1, -0.05) is 0 Å². The van der Waals surface area contributed by atoms with Gasteiger partial charge in [-0.25, -0.2) is 0 Å². The summed E-state index contributed by atoms with van der Waals surface area (Å²) in [5.74, 6) is 0.935. The minimum Gasteiger partial charge on any atom is -0.496 e. The van der Waals surface area contributed by atoms with Gasteiger partial charge in [0.1, 0.15) is 5.75 Å². The van der Waals surface area contributed by atoms with E-state index in [0.29, 0.717) is 6.10 Å². The quantitative estimate of drug-likeness (QED) is 0.905. The molecular formula is C16H25NO2. The van der Waals surface area contributed by atoms with E-state index in [-0.39, 0.29) is 6.10 Å². The van der Waals surface area contributed by atoms with Crippen molar-refractivity contribution in [1.29, 1.82) is 0 Å². The molecule has 1 atom stereocenters. The van der Waals surface area contributed by atoms with Crippen molar-refractivity contribution in [2.45, 2.75) is 45.8 Å². The second-order valence-electron chi connectivity index (χ2n) is 5.41. The van der Waals surface area contributed by atoms with Gasteiger partial charge in [0.25, 0.3) is 0 Å². The zero-order valence-electron chi connectivity index (χ0n) is 12.5. The highest BCUT2D eigenvalue weighted by atomic mass is 16.5. The van der Waals surface area contributed by atoms with Gasteiger partial charge in [0, 0.05) is 5.56 Å². The first-order valence-corrected chi connectivity index (χ1v) is 7.13. The van der Waals surface area contributed by atoms with Crippen LogP contribution in [0.3, 0.4) is 0 Å². The van der Waals surface area contributed by atoms with Gasteiger partial charge >= 0.3 is 0 Å². The molecule has 0 spiro atoms. The number of piperidine rings is 1. The molecule has 3 nitrogen and oxygen atoms in total. The SMILES string of the molecule is COc1cc(C)c(C)cc1C(C)OC1CCNCC1. The lowest BCUT2D eigenvalue weighted by Gasteiger charge is -2.27. The number of nitrogens with one attached hydrogen (secondary N) is 1. The highest BCUT2D eigenvalue weighted by molar-refractivity contribution is 5.42. The molecule has 0 aromatic heterocycles. The van der Waals surface area contributed by atoms with E-state index in [0.717, 1.165) is 37.2 Å². The summed E-state index contributed by atoms with van der Waals surface area (Å²) in [6.45, 7) is 8.48. The van der Waals surface area contributed by atoms with Gasteiger partial charge in [0.2, 0.25) is 0 Å². The first kappa shape index (κ1) is 14.4. The van der Waals surface area contributed by atoms with Crippen LogP contribution in [0.25, 0.3) is 0 Å². The van der Waals surface area contributed by atoms with Crippen molar-refractivity contribution in [3.63, 3.8) is 0 Å². The van der Waals surface area contributed by atoms with Crippen molar-refractivity contribution in [2.24, 2.45) is 0 Å². The second-order valence-corrected chi connectivity index (χ2v) is 5.41. The molecule has 1 aromatic rings. The molecule has 0 bridgehead atoms. The maximum absolute atomic E-state index is 6.19. The van der Waals surface area contributed by atoms with E-state index in [9.17, 15) is 0 Å². The van der Waals surface area contributed by atoms with Gasteiger partial charge in [-0.3, -0.25) is 0 Å². The smallest absolute Gasteiger partial charge is 0.124 e. The van der Waals surface area contributed by atoms with Gasteiger partial charge in [0.05, 0.1) is 19.3 Å². The Morgan fingerprint density at radius 2 is 1.79 bits per heavy atom. The Bertz CT molecular complexity index is 425. The number of rotatable bonds is 4. The summed E-state index contributed by atoms with van der Waals surface area (Å²) >= 11 is 0. The van der Waals surface area contributed by atoms with E-state index in [1.807, 2.05) is 0 Å². The molecule has 1 heterocycles. The van der Waals surface area contributed by atoms with Gasteiger partial charge in [0.15, 0.2) is 0 Å². The van der Waals surface area contributed by atoms with E-state index in [2.05, 4.69) is 38.2 Å². The lowest BCUT2D eigenvalue weighted by Crippen LogP contribution is -2.33. The first-order valence-electron chi connectivity index (χ1n) is 7.13. The van der Waals surface area contributed by atoms with Crippen LogP contribution in [0.2, 0.25) is 0 Å². The minimum absolute atomic E-state index is 0.0809. The van der Waals surface area contributed by atoms with Crippen molar-refractivity contribution >= 4 is 0 Å². The molecule has 2 rings (SSSR count). The summed E-state index contributed by atoms with van der Waals surface area (Å²) in [7, 11) is 1.73. The summed E-state index contributed by atoms with van der Waals surface area (Å²) in [5.41, 5.74) is 3.70. The van der Waals surface area contributed by atoms with Crippen molar-refractivity contribution in [2.75, 3.05) is 20.2 Å².